The Bertz CT molecular complexity index is 1390. The maximum Gasteiger partial charge on any atom is 0.303 e. The maximum absolute atomic E-state index is 13.6. The molecule has 12 nitrogen and oxygen atoms in total. The number of para-hydroxylation sites is 1. The largest absolute Gasteiger partial charge is 0.463 e. The first-order valence-electron chi connectivity index (χ1n) is 12.7. The molecule has 0 aliphatic carbocycles. The van der Waals surface area contributed by atoms with E-state index in [9.17, 15) is 24.0 Å². The van der Waals surface area contributed by atoms with Gasteiger partial charge in [-0.1, -0.05) is 36.0 Å². The van der Waals surface area contributed by atoms with Crippen molar-refractivity contribution in [1.29, 1.82) is 0 Å². The van der Waals surface area contributed by atoms with E-state index in [1.54, 1.807) is 36.4 Å². The molecule has 0 unspecified atom stereocenters. The zero-order valence-electron chi connectivity index (χ0n) is 23.1. The molecule has 0 radical (unpaired) electrons. The molecular weight excluding hydrogens is 588 g/mol. The summed E-state index contributed by atoms with van der Waals surface area (Å²) in [6.07, 6.45) is -3.42. The number of hydrogen-bond donors (Lipinski definition) is 0. The van der Waals surface area contributed by atoms with Gasteiger partial charge in [0.15, 0.2) is 28.9 Å². The third-order valence-electron chi connectivity index (χ3n) is 5.84. The van der Waals surface area contributed by atoms with Crippen LogP contribution in [-0.2, 0) is 47.7 Å². The Hall–Kier alpha value is -4.01. The fourth-order valence-corrected chi connectivity index (χ4v) is 6.12. The molecule has 1 aromatic carbocycles. The van der Waals surface area contributed by atoms with Crippen molar-refractivity contribution in [3.63, 3.8) is 0 Å². The van der Waals surface area contributed by atoms with Crippen LogP contribution in [0.15, 0.2) is 58.5 Å². The van der Waals surface area contributed by atoms with E-state index in [4.69, 9.17) is 23.7 Å². The Morgan fingerprint density at radius 2 is 1.55 bits per heavy atom. The molecule has 14 heteroatoms. The van der Waals surface area contributed by atoms with E-state index >= 15 is 0 Å². The number of esters is 4. The Balaban J connectivity index is 1.77. The molecule has 2 aliphatic rings. The highest BCUT2D eigenvalue weighted by molar-refractivity contribution is 8.14. The van der Waals surface area contributed by atoms with Crippen molar-refractivity contribution in [2.45, 2.75) is 57.5 Å². The molecule has 3 heterocycles. The van der Waals surface area contributed by atoms with E-state index in [0.29, 0.717) is 5.69 Å². The highest BCUT2D eigenvalue weighted by atomic mass is 32.2. The van der Waals surface area contributed by atoms with Gasteiger partial charge < -0.3 is 23.7 Å². The van der Waals surface area contributed by atoms with E-state index in [2.05, 4.69) is 4.99 Å². The van der Waals surface area contributed by atoms with Crippen molar-refractivity contribution in [1.82, 2.24) is 0 Å². The summed E-state index contributed by atoms with van der Waals surface area (Å²) in [7, 11) is 0. The van der Waals surface area contributed by atoms with Crippen LogP contribution >= 0.6 is 23.1 Å². The molecule has 1 saturated heterocycles. The number of benzene rings is 1. The fourth-order valence-electron chi connectivity index (χ4n) is 4.28. The third kappa shape index (κ3) is 7.63. The summed E-state index contributed by atoms with van der Waals surface area (Å²) in [5, 5.41) is 2.06. The maximum atomic E-state index is 13.6. The Kier molecular flexibility index (Phi) is 10.1. The zero-order valence-corrected chi connectivity index (χ0v) is 24.7. The van der Waals surface area contributed by atoms with Gasteiger partial charge in [-0.25, -0.2) is 4.99 Å². The SMILES string of the molecule is CC(=O)OC[C@@H]1O[C@@H](SC2=N/C(=C\c3cccs3)C(=O)N2c2ccccc2)[C@H](OC(C)=O)[C@H](OC(C)=O)[C@H]1OC(C)=O. The average Bonchev–Trinajstić information content (AvgIpc) is 3.54. The van der Waals surface area contributed by atoms with E-state index < -0.39 is 59.6 Å². The topological polar surface area (TPSA) is 147 Å². The van der Waals surface area contributed by atoms with Crippen LogP contribution in [-0.4, -0.2) is 71.4 Å². The summed E-state index contributed by atoms with van der Waals surface area (Å²) in [6.45, 7) is 4.28. The van der Waals surface area contributed by atoms with Crippen molar-refractivity contribution in [2.75, 3.05) is 11.5 Å². The average molecular weight is 617 g/mol. The van der Waals surface area contributed by atoms with Gasteiger partial charge in [-0.2, -0.15) is 0 Å². The monoisotopic (exact) mass is 616 g/mol. The standard InChI is InChI=1S/C28H28N2O10S2/c1-15(31)36-14-22-23(37-16(2)32)24(38-17(3)33)25(39-18(4)34)27(40-22)42-28-29-21(13-20-11-8-12-41-20)26(35)30(28)19-9-6-5-7-10-19/h5-13,22-25,27H,14H2,1-4H3/b21-13-/t22-,23-,24+,25+,27-/m0/s1. The smallest absolute Gasteiger partial charge is 0.303 e. The van der Waals surface area contributed by atoms with Crippen LogP contribution in [0.4, 0.5) is 5.69 Å². The molecule has 5 atom stereocenters. The first kappa shape index (κ1) is 30.9. The number of nitrogens with zero attached hydrogens (tertiary/aromatic N) is 2. The first-order valence-corrected chi connectivity index (χ1v) is 14.5. The van der Waals surface area contributed by atoms with Crippen LogP contribution in [0.5, 0.6) is 0 Å². The summed E-state index contributed by atoms with van der Waals surface area (Å²) in [4.78, 5) is 68.4. The number of anilines is 1. The summed E-state index contributed by atoms with van der Waals surface area (Å²) < 4.78 is 27.9. The van der Waals surface area contributed by atoms with Gasteiger partial charge in [0.2, 0.25) is 0 Å². The van der Waals surface area contributed by atoms with E-state index in [1.807, 2.05) is 17.5 Å². The fraction of sp³-hybridized carbons (Fsp3) is 0.357. The number of carbonyl (C=O) groups excluding carboxylic acids is 5. The highest BCUT2D eigenvalue weighted by Crippen LogP contribution is 2.38. The minimum absolute atomic E-state index is 0.162. The van der Waals surface area contributed by atoms with Gasteiger partial charge in [-0.05, 0) is 29.7 Å². The molecule has 0 spiro atoms. The van der Waals surface area contributed by atoms with Gasteiger partial charge in [0, 0.05) is 32.6 Å². The van der Waals surface area contributed by atoms with Crippen molar-refractivity contribution < 1.29 is 47.7 Å². The lowest BCUT2D eigenvalue weighted by atomic mass is 9.99. The van der Waals surface area contributed by atoms with Gasteiger partial charge in [-0.3, -0.25) is 28.9 Å². The molecule has 0 N–H and O–H groups in total. The molecule has 42 heavy (non-hydrogen) atoms. The lowest BCUT2D eigenvalue weighted by Gasteiger charge is -2.44. The first-order chi connectivity index (χ1) is 20.0. The van der Waals surface area contributed by atoms with Crippen molar-refractivity contribution >= 4 is 69.8 Å². The molecule has 2 aliphatic heterocycles. The lowest BCUT2D eigenvalue weighted by Crippen LogP contribution is -2.61. The second-order valence-corrected chi connectivity index (χ2v) is 11.1. The minimum Gasteiger partial charge on any atom is -0.463 e. The minimum atomic E-state index is -1.34. The molecule has 4 rings (SSSR count). The number of ether oxygens (including phenoxy) is 5. The van der Waals surface area contributed by atoms with E-state index in [1.165, 1.54) is 23.2 Å². The van der Waals surface area contributed by atoms with E-state index in [0.717, 1.165) is 37.4 Å². The number of amides is 1. The molecule has 2 aromatic rings. The van der Waals surface area contributed by atoms with Crippen molar-refractivity contribution in [3.8, 4) is 0 Å². The van der Waals surface area contributed by atoms with Crippen LogP contribution in [0.25, 0.3) is 6.08 Å². The summed E-state index contributed by atoms with van der Waals surface area (Å²) >= 11 is 2.37. The number of amidine groups is 1. The molecule has 1 fully saturated rings. The molecule has 222 valence electrons. The number of hydrogen-bond acceptors (Lipinski definition) is 13. The van der Waals surface area contributed by atoms with Crippen molar-refractivity contribution in [2.24, 2.45) is 4.99 Å². The molecule has 0 bridgehead atoms. The van der Waals surface area contributed by atoms with Gasteiger partial charge in [-0.15, -0.1) is 11.3 Å². The zero-order chi connectivity index (χ0) is 30.4. The number of thioether (sulfide) groups is 1. The number of carbonyl (C=O) groups is 5. The third-order valence-corrected chi connectivity index (χ3v) is 7.75. The van der Waals surface area contributed by atoms with Crippen LogP contribution in [0, 0.1) is 0 Å². The number of aliphatic imine (C=N–C) groups is 1. The summed E-state index contributed by atoms with van der Waals surface area (Å²) in [5.41, 5.74) is -0.465. The molecule has 1 amide bonds. The Morgan fingerprint density at radius 1 is 0.905 bits per heavy atom. The lowest BCUT2D eigenvalue weighted by molar-refractivity contribution is -0.237. The predicted octanol–water partition coefficient (Wildman–Crippen LogP) is 3.31. The number of thiophene rings is 1. The molecular formula is C28H28N2O10S2. The van der Waals surface area contributed by atoms with Crippen LogP contribution in [0.2, 0.25) is 0 Å². The van der Waals surface area contributed by atoms with Gasteiger partial charge >= 0.3 is 23.9 Å². The number of rotatable bonds is 8. The second kappa shape index (κ2) is 13.8. The summed E-state index contributed by atoms with van der Waals surface area (Å²) in [5.74, 6) is -3.23. The Labute approximate surface area is 249 Å². The van der Waals surface area contributed by atoms with Crippen LogP contribution < -0.4 is 4.90 Å². The van der Waals surface area contributed by atoms with Gasteiger partial charge in [0.25, 0.3) is 5.91 Å². The predicted molar refractivity (Wildman–Crippen MR) is 153 cm³/mol. The van der Waals surface area contributed by atoms with Crippen molar-refractivity contribution in [3.05, 3.63) is 58.4 Å². The summed E-state index contributed by atoms with van der Waals surface area (Å²) in [6, 6.07) is 12.5. The normalized spacial score (nSPS) is 24.6. The Morgan fingerprint density at radius 3 is 2.14 bits per heavy atom. The van der Waals surface area contributed by atoms with Gasteiger partial charge in [0.05, 0.1) is 5.69 Å². The van der Waals surface area contributed by atoms with Gasteiger partial charge in [0.1, 0.15) is 18.4 Å². The second-order valence-electron chi connectivity index (χ2n) is 9.10. The van der Waals surface area contributed by atoms with E-state index in [-0.39, 0.29) is 17.5 Å². The molecule has 1 aromatic heterocycles. The highest BCUT2D eigenvalue weighted by Gasteiger charge is 2.53. The van der Waals surface area contributed by atoms with Crippen LogP contribution in [0.1, 0.15) is 32.6 Å². The molecule has 0 saturated carbocycles. The van der Waals surface area contributed by atoms with Crippen LogP contribution in [0.3, 0.4) is 0 Å². The quantitative estimate of drug-likeness (QED) is 0.244.